The van der Waals surface area contributed by atoms with Crippen molar-refractivity contribution in [2.45, 2.75) is 13.0 Å². The van der Waals surface area contributed by atoms with Gasteiger partial charge in [-0.05, 0) is 0 Å². The first-order valence-electron chi connectivity index (χ1n) is 2.99. The highest BCUT2D eigenvalue weighted by atomic mass is 35.5. The Hall–Kier alpha value is 0.0600. The number of nitrogens with zero attached hydrogens (tertiary/aromatic N) is 2. The second-order valence-electron chi connectivity index (χ2n) is 1.77. The van der Waals surface area contributed by atoms with Crippen molar-refractivity contribution in [1.82, 2.24) is 10.2 Å². The van der Waals surface area contributed by atoms with Gasteiger partial charge in [0.1, 0.15) is 10.0 Å². The monoisotopic (exact) mass is 231 g/mol. The summed E-state index contributed by atoms with van der Waals surface area (Å²) in [6.45, 7) is 0.558. The van der Waals surface area contributed by atoms with E-state index in [9.17, 15) is 0 Å². The zero-order valence-electron chi connectivity index (χ0n) is 6.27. The Labute approximate surface area is 87.0 Å². The minimum atomic E-state index is 0. The standard InChI is InChI=1S/C5H9N3OS.2ClH/c6-3-5-8-7-4(10-5)1-2-9;;/h9H,1-3,6H2;2*1H. The summed E-state index contributed by atoms with van der Waals surface area (Å²) in [7, 11) is 0. The van der Waals surface area contributed by atoms with Gasteiger partial charge in [0.2, 0.25) is 0 Å². The van der Waals surface area contributed by atoms with E-state index in [4.69, 9.17) is 10.8 Å². The molecule has 0 unspecified atom stereocenters. The molecule has 0 saturated carbocycles. The number of aliphatic hydroxyl groups is 1. The van der Waals surface area contributed by atoms with Crippen LogP contribution >= 0.6 is 36.2 Å². The predicted molar refractivity (Wildman–Crippen MR) is 53.1 cm³/mol. The van der Waals surface area contributed by atoms with Crippen LogP contribution in [0.5, 0.6) is 0 Å². The molecule has 0 atom stereocenters. The highest BCUT2D eigenvalue weighted by molar-refractivity contribution is 7.11. The van der Waals surface area contributed by atoms with E-state index < -0.39 is 0 Å². The van der Waals surface area contributed by atoms with Crippen LogP contribution in [-0.4, -0.2) is 21.9 Å². The van der Waals surface area contributed by atoms with Crippen molar-refractivity contribution in [3.05, 3.63) is 10.0 Å². The quantitative estimate of drug-likeness (QED) is 0.790. The summed E-state index contributed by atoms with van der Waals surface area (Å²) in [4.78, 5) is 0. The summed E-state index contributed by atoms with van der Waals surface area (Å²) in [5, 5.41) is 17.8. The van der Waals surface area contributed by atoms with E-state index in [-0.39, 0.29) is 31.4 Å². The summed E-state index contributed by atoms with van der Waals surface area (Å²) < 4.78 is 0. The minimum Gasteiger partial charge on any atom is -0.396 e. The summed E-state index contributed by atoms with van der Waals surface area (Å²) >= 11 is 1.45. The van der Waals surface area contributed by atoms with Crippen LogP contribution in [0.3, 0.4) is 0 Å². The van der Waals surface area contributed by atoms with Crippen molar-refractivity contribution in [1.29, 1.82) is 0 Å². The molecule has 4 nitrogen and oxygen atoms in total. The predicted octanol–water partition coefficient (Wildman–Crippen LogP) is 0.375. The molecular weight excluding hydrogens is 221 g/mol. The average molecular weight is 232 g/mol. The fourth-order valence-electron chi connectivity index (χ4n) is 0.568. The zero-order chi connectivity index (χ0) is 7.40. The van der Waals surface area contributed by atoms with Gasteiger partial charge in [-0.2, -0.15) is 0 Å². The van der Waals surface area contributed by atoms with Crippen molar-refractivity contribution >= 4 is 36.2 Å². The van der Waals surface area contributed by atoms with Crippen LogP contribution in [0, 0.1) is 0 Å². The van der Waals surface area contributed by atoms with Crippen LogP contribution in [-0.2, 0) is 13.0 Å². The van der Waals surface area contributed by atoms with Gasteiger partial charge < -0.3 is 10.8 Å². The molecule has 7 heteroatoms. The minimum absolute atomic E-state index is 0. The van der Waals surface area contributed by atoms with Gasteiger partial charge in [0.15, 0.2) is 0 Å². The number of aromatic nitrogens is 2. The molecule has 1 rings (SSSR count). The van der Waals surface area contributed by atoms with E-state index in [0.717, 1.165) is 10.0 Å². The van der Waals surface area contributed by atoms with Crippen LogP contribution in [0.2, 0.25) is 0 Å². The molecule has 0 saturated heterocycles. The first-order chi connectivity index (χ1) is 4.86. The molecule has 0 bridgehead atoms. The first kappa shape index (κ1) is 14.6. The summed E-state index contributed by atoms with van der Waals surface area (Å²) in [5.41, 5.74) is 5.30. The van der Waals surface area contributed by atoms with E-state index in [1.807, 2.05) is 0 Å². The smallest absolute Gasteiger partial charge is 0.131 e. The first-order valence-corrected chi connectivity index (χ1v) is 3.80. The van der Waals surface area contributed by atoms with Crippen molar-refractivity contribution in [2.75, 3.05) is 6.61 Å². The Morgan fingerprint density at radius 3 is 2.25 bits per heavy atom. The fourth-order valence-corrected chi connectivity index (χ4v) is 1.28. The van der Waals surface area contributed by atoms with Gasteiger partial charge in [0.05, 0.1) is 0 Å². The maximum absolute atomic E-state index is 8.51. The Morgan fingerprint density at radius 1 is 1.25 bits per heavy atom. The molecule has 3 N–H and O–H groups in total. The maximum Gasteiger partial charge on any atom is 0.131 e. The number of nitrogens with two attached hydrogens (primary N) is 1. The lowest BCUT2D eigenvalue weighted by Gasteiger charge is -1.83. The molecule has 0 radical (unpaired) electrons. The van der Waals surface area contributed by atoms with Crippen molar-refractivity contribution in [3.8, 4) is 0 Å². The van der Waals surface area contributed by atoms with Crippen LogP contribution in [0.4, 0.5) is 0 Å². The molecule has 0 fully saturated rings. The zero-order valence-corrected chi connectivity index (χ0v) is 8.71. The van der Waals surface area contributed by atoms with Gasteiger partial charge >= 0.3 is 0 Å². The molecule has 0 aliphatic rings. The number of hydrogen-bond acceptors (Lipinski definition) is 5. The van der Waals surface area contributed by atoms with E-state index >= 15 is 0 Å². The Kier molecular flexibility index (Phi) is 9.35. The van der Waals surface area contributed by atoms with Crippen molar-refractivity contribution in [2.24, 2.45) is 5.73 Å². The van der Waals surface area contributed by atoms with Gasteiger partial charge in [-0.15, -0.1) is 46.3 Å². The summed E-state index contributed by atoms with van der Waals surface area (Å²) in [5.74, 6) is 0. The van der Waals surface area contributed by atoms with E-state index in [1.54, 1.807) is 0 Å². The van der Waals surface area contributed by atoms with Gasteiger partial charge in [0, 0.05) is 19.6 Å². The third-order valence-corrected chi connectivity index (χ3v) is 2.01. The fraction of sp³-hybridized carbons (Fsp3) is 0.600. The molecule has 0 aliphatic carbocycles. The summed E-state index contributed by atoms with van der Waals surface area (Å²) in [6, 6.07) is 0. The second-order valence-corrected chi connectivity index (χ2v) is 2.91. The highest BCUT2D eigenvalue weighted by Crippen LogP contribution is 2.08. The molecule has 72 valence electrons. The van der Waals surface area contributed by atoms with Gasteiger partial charge in [-0.3, -0.25) is 0 Å². The molecule has 0 aliphatic heterocycles. The Bertz CT molecular complexity index is 208. The average Bonchev–Trinajstić information content (AvgIpc) is 2.37. The van der Waals surface area contributed by atoms with E-state index in [2.05, 4.69) is 10.2 Å². The van der Waals surface area contributed by atoms with Gasteiger partial charge in [-0.25, -0.2) is 0 Å². The third kappa shape index (κ3) is 4.18. The van der Waals surface area contributed by atoms with Crippen LogP contribution in [0.15, 0.2) is 0 Å². The highest BCUT2D eigenvalue weighted by Gasteiger charge is 1.99. The molecule has 12 heavy (non-hydrogen) atoms. The molecule has 0 aromatic carbocycles. The maximum atomic E-state index is 8.51. The molecular formula is C5H11Cl2N3OS. The summed E-state index contributed by atoms with van der Waals surface area (Å²) in [6.07, 6.45) is 0.581. The lowest BCUT2D eigenvalue weighted by atomic mass is 10.5. The molecule has 1 aromatic rings. The number of halogens is 2. The number of rotatable bonds is 3. The topological polar surface area (TPSA) is 72.0 Å². The normalized spacial score (nSPS) is 8.50. The largest absolute Gasteiger partial charge is 0.396 e. The SMILES string of the molecule is Cl.Cl.NCc1nnc(CCO)s1. The Morgan fingerprint density at radius 2 is 1.83 bits per heavy atom. The van der Waals surface area contributed by atoms with Crippen LogP contribution < -0.4 is 5.73 Å². The van der Waals surface area contributed by atoms with Crippen molar-refractivity contribution in [3.63, 3.8) is 0 Å². The molecule has 1 aromatic heterocycles. The lowest BCUT2D eigenvalue weighted by molar-refractivity contribution is 0.299. The Balaban J connectivity index is 0. The molecule has 1 heterocycles. The van der Waals surface area contributed by atoms with Gasteiger partial charge in [0.25, 0.3) is 0 Å². The van der Waals surface area contributed by atoms with E-state index in [1.165, 1.54) is 11.3 Å². The van der Waals surface area contributed by atoms with Crippen molar-refractivity contribution < 1.29 is 5.11 Å². The van der Waals surface area contributed by atoms with Crippen LogP contribution in [0.1, 0.15) is 10.0 Å². The van der Waals surface area contributed by atoms with E-state index in [0.29, 0.717) is 13.0 Å². The number of hydrogen-bond donors (Lipinski definition) is 2. The van der Waals surface area contributed by atoms with Crippen LogP contribution in [0.25, 0.3) is 0 Å². The third-order valence-electron chi connectivity index (χ3n) is 1.01. The van der Waals surface area contributed by atoms with Gasteiger partial charge in [-0.1, -0.05) is 0 Å². The number of aliphatic hydroxyl groups excluding tert-OH is 1. The molecule has 0 spiro atoms. The lowest BCUT2D eigenvalue weighted by Crippen LogP contribution is -1.94. The second kappa shape index (κ2) is 7.70. The molecule has 0 amide bonds.